The number of aromatic nitrogens is 8. The highest BCUT2D eigenvalue weighted by Gasteiger charge is 2.44. The van der Waals surface area contributed by atoms with E-state index in [1.165, 1.54) is 307 Å². The van der Waals surface area contributed by atoms with Gasteiger partial charge in [-0.2, -0.15) is 0 Å². The summed E-state index contributed by atoms with van der Waals surface area (Å²) in [6.45, 7) is 0. The molecule has 12 nitrogen and oxygen atoms in total. The first-order chi connectivity index (χ1) is 69.3. The Morgan fingerprint density at radius 3 is 1.01 bits per heavy atom. The molecule has 0 atom stereocenters. The Morgan fingerprint density at radius 2 is 0.500 bits per heavy atom. The SMILES string of the molecule is c1ccc2c(c1)Cc1c-2ccc2c1-c1cc3c(cc1C2)N1c2cnccc2Cc2nccc(c21)C3.c1ccc2c(c1)Cc1c-2ccc2c1-c1cc3c(cc1C2)N1c2ncccc2Cc2nccc(c21)C3.c1ccc2c(c1)Cc1ccc3c(c1-2)-c1cc2c(cc1C3)N1c3cccnc3Cc3nccc(c31)C2.c1ccc2c(c1)Cc1ccc3c(c1-2)-c1cc2c(cc1C3)N1c3ccncc3Cc3nccc(c31)C2. The average Bonchev–Trinajstić information content (AvgIpc) is 1.71. The van der Waals surface area contributed by atoms with Crippen molar-refractivity contribution in [3.05, 3.63) is 495 Å². The second-order valence-electron chi connectivity index (χ2n) is 40.9. The van der Waals surface area contributed by atoms with Gasteiger partial charge in [0.2, 0.25) is 0 Å². The van der Waals surface area contributed by atoms with Gasteiger partial charge >= 0.3 is 0 Å². The van der Waals surface area contributed by atoms with E-state index in [0.29, 0.717) is 0 Å². The normalized spacial score (nSPS) is 14.9. The Bertz CT molecular complexity index is 8620. The van der Waals surface area contributed by atoms with Gasteiger partial charge in [-0.3, -0.25) is 39.8 Å². The Kier molecular flexibility index (Phi) is 15.4. The molecule has 656 valence electrons. The van der Waals surface area contributed by atoms with Gasteiger partial charge in [0.15, 0.2) is 0 Å². The predicted octanol–water partition coefficient (Wildman–Crippen LogP) is 27.6. The zero-order valence-corrected chi connectivity index (χ0v) is 76.7. The first-order valence-corrected chi connectivity index (χ1v) is 49.7. The molecule has 0 bridgehead atoms. The second-order valence-corrected chi connectivity index (χ2v) is 40.9. The summed E-state index contributed by atoms with van der Waals surface area (Å²) in [7, 11) is 0. The molecule has 140 heavy (non-hydrogen) atoms. The lowest BCUT2D eigenvalue weighted by molar-refractivity contribution is 0.926. The minimum absolute atomic E-state index is 0.799. The fourth-order valence-corrected chi connectivity index (χ4v) is 27.8. The van der Waals surface area contributed by atoms with Crippen molar-refractivity contribution in [2.24, 2.45) is 0 Å². The van der Waals surface area contributed by atoms with Crippen LogP contribution >= 0.6 is 0 Å². The number of hydrogen-bond donors (Lipinski definition) is 0. The Labute approximate surface area is 809 Å². The van der Waals surface area contributed by atoms with Crippen molar-refractivity contribution in [1.29, 1.82) is 0 Å². The van der Waals surface area contributed by atoms with Crippen LogP contribution in [0.25, 0.3) is 89.0 Å². The van der Waals surface area contributed by atoms with Crippen LogP contribution in [0.3, 0.4) is 0 Å². The molecule has 16 aliphatic rings. The molecule has 0 fully saturated rings. The molecule has 8 aromatic heterocycles. The lowest BCUT2D eigenvalue weighted by Gasteiger charge is -2.38. The maximum absolute atomic E-state index is 4.85. The molecule has 0 amide bonds. The van der Waals surface area contributed by atoms with Crippen LogP contribution in [0.15, 0.2) is 317 Å². The standard InChI is InChI=1S/4C32H21N3/c1-2-6-24-18(4-1)14-27-25(24)8-7-19-12-22-17-29-23(15-26(22)30(19)27)13-20-9-11-33-28-16-21-5-3-10-34-32(21)35(29)31(20)28;1-2-5-24-18(4-1)12-19-7-8-20-13-22-16-29-23(15-25(22)31(20)30(19)24)14-21-9-11-34-27-17-26-28(6-3-10-33-26)35(29)32(21)27;1-2-4-25-18(3-1)11-19-5-6-20-12-22-16-29-23(14-26(22)31(20)30(19)25)13-21-7-10-34-27-15-24-17-33-9-8-28(24)35(29)32(21)27;1-2-4-24-18(3-1)13-27-25(24)6-5-20-11-22-16-29-23(14-26(22)31(20)27)12-21-8-10-34-28-15-19-7-9-33-17-30(19)35(29)32(21)28/h1-11,15,17H,12-14,16H2;1-11,15-16H,12-14,17H2;2*1-10,14,16-17H,11-13,15H2. The molecule has 0 unspecified atom stereocenters. The lowest BCUT2D eigenvalue weighted by Crippen LogP contribution is -2.26. The molecule has 12 aromatic carbocycles. The molecule has 16 heterocycles. The summed E-state index contributed by atoms with van der Waals surface area (Å²) in [4.78, 5) is 47.3. The first-order valence-electron chi connectivity index (χ1n) is 49.7. The van der Waals surface area contributed by atoms with Crippen molar-refractivity contribution in [2.45, 2.75) is 103 Å². The first kappa shape index (κ1) is 76.2. The fraction of sp³-hybridized carbons (Fsp3) is 0.125. The Balaban J connectivity index is 0.0000000829. The predicted molar refractivity (Wildman–Crippen MR) is 555 cm³/mol. The van der Waals surface area contributed by atoms with E-state index >= 15 is 0 Å². The topological polar surface area (TPSA) is 116 Å². The number of rotatable bonds is 0. The maximum atomic E-state index is 4.85. The van der Waals surface area contributed by atoms with Crippen LogP contribution in [-0.2, 0) is 103 Å². The molecule has 8 aliphatic heterocycles. The lowest BCUT2D eigenvalue weighted by atomic mass is 9.87. The fourth-order valence-electron chi connectivity index (χ4n) is 27.8. The third kappa shape index (κ3) is 10.7. The van der Waals surface area contributed by atoms with E-state index in [2.05, 4.69) is 278 Å². The summed E-state index contributed by atoms with van der Waals surface area (Å²) >= 11 is 0. The zero-order chi connectivity index (χ0) is 90.7. The number of hydrogen-bond acceptors (Lipinski definition) is 12. The summed E-state index contributed by atoms with van der Waals surface area (Å²) in [6.07, 6.45) is 34.9. The highest BCUT2D eigenvalue weighted by atomic mass is 15.2. The number of anilines is 12. The molecule has 8 aliphatic carbocycles. The van der Waals surface area contributed by atoms with Gasteiger partial charge in [0.05, 0.1) is 97.2 Å². The van der Waals surface area contributed by atoms with E-state index in [4.69, 9.17) is 29.9 Å². The van der Waals surface area contributed by atoms with Crippen molar-refractivity contribution in [1.82, 2.24) is 39.9 Å². The molecular formula is C128H84N12. The highest BCUT2D eigenvalue weighted by Crippen LogP contribution is 2.62. The number of nitrogens with zero attached hydrogens (tertiary/aromatic N) is 12. The van der Waals surface area contributed by atoms with Crippen molar-refractivity contribution < 1.29 is 0 Å². The summed E-state index contributed by atoms with van der Waals surface area (Å²) < 4.78 is 0. The molecule has 0 N–H and O–H groups in total. The maximum Gasteiger partial charge on any atom is 0.141 e. The molecule has 0 spiro atoms. The zero-order valence-electron chi connectivity index (χ0n) is 76.7. The third-order valence-electron chi connectivity index (χ3n) is 33.6. The van der Waals surface area contributed by atoms with E-state index < -0.39 is 0 Å². The van der Waals surface area contributed by atoms with Gasteiger partial charge in [0, 0.05) is 118 Å². The summed E-state index contributed by atoms with van der Waals surface area (Å²) in [5.74, 6) is 1.06. The van der Waals surface area contributed by atoms with Crippen LogP contribution in [0.5, 0.6) is 0 Å². The highest BCUT2D eigenvalue weighted by molar-refractivity contribution is 6.03. The summed E-state index contributed by atoms with van der Waals surface area (Å²) in [5, 5.41) is 0. The molecule has 0 saturated heterocycles. The number of benzene rings is 12. The van der Waals surface area contributed by atoms with Crippen molar-refractivity contribution in [3.8, 4) is 89.0 Å². The molecule has 12 heteroatoms. The third-order valence-corrected chi connectivity index (χ3v) is 33.6. The van der Waals surface area contributed by atoms with Gasteiger partial charge in [-0.1, -0.05) is 152 Å². The van der Waals surface area contributed by atoms with Gasteiger partial charge in [-0.25, -0.2) is 4.98 Å². The van der Waals surface area contributed by atoms with E-state index in [-0.39, 0.29) is 0 Å². The van der Waals surface area contributed by atoms with Crippen molar-refractivity contribution in [3.63, 3.8) is 0 Å². The molecule has 0 saturated carbocycles. The monoisotopic (exact) mass is 1790 g/mol. The van der Waals surface area contributed by atoms with E-state index in [1.54, 1.807) is 0 Å². The molecule has 20 aromatic rings. The van der Waals surface area contributed by atoms with E-state index in [0.717, 1.165) is 131 Å². The Hall–Kier alpha value is -17.0. The Morgan fingerprint density at radius 1 is 0.157 bits per heavy atom. The van der Waals surface area contributed by atoms with Crippen LogP contribution in [-0.4, -0.2) is 39.9 Å². The minimum Gasteiger partial charge on any atom is -0.308 e. The van der Waals surface area contributed by atoms with Gasteiger partial charge in [-0.15, -0.1) is 0 Å². The number of pyridine rings is 8. The molecule has 0 radical (unpaired) electrons. The van der Waals surface area contributed by atoms with E-state index in [1.807, 2.05) is 68.0 Å². The van der Waals surface area contributed by atoms with Gasteiger partial charge in [0.1, 0.15) is 5.82 Å². The van der Waals surface area contributed by atoms with Crippen LogP contribution in [0.1, 0.15) is 179 Å². The van der Waals surface area contributed by atoms with Crippen molar-refractivity contribution in [2.75, 3.05) is 19.6 Å². The van der Waals surface area contributed by atoms with E-state index in [9.17, 15) is 0 Å². The quantitative estimate of drug-likeness (QED) is 0.144. The molecule has 36 rings (SSSR count). The van der Waals surface area contributed by atoms with Crippen LogP contribution < -0.4 is 19.6 Å². The van der Waals surface area contributed by atoms with Crippen molar-refractivity contribution >= 4 is 68.4 Å². The van der Waals surface area contributed by atoms with Gasteiger partial charge in [-0.05, 0) is 383 Å². The van der Waals surface area contributed by atoms with Gasteiger partial charge < -0.3 is 14.7 Å². The summed E-state index contributed by atoms with van der Waals surface area (Å²) in [5.41, 5.74) is 80.8. The smallest absolute Gasteiger partial charge is 0.141 e. The second kappa shape index (κ2) is 28.4. The summed E-state index contributed by atoms with van der Waals surface area (Å²) in [6, 6.07) is 96.0. The van der Waals surface area contributed by atoms with Crippen LogP contribution in [0.4, 0.5) is 68.4 Å². The van der Waals surface area contributed by atoms with Crippen LogP contribution in [0, 0.1) is 0 Å². The minimum atomic E-state index is 0.799. The van der Waals surface area contributed by atoms with Crippen LogP contribution in [0.2, 0.25) is 0 Å². The largest absolute Gasteiger partial charge is 0.308 e. The van der Waals surface area contributed by atoms with Gasteiger partial charge in [0.25, 0.3) is 0 Å². The average molecular weight is 1790 g/mol. The molecular weight excluding hydrogens is 1710 g/mol. The number of fused-ring (bicyclic) bond motifs is 44.